The van der Waals surface area contributed by atoms with Crippen LogP contribution >= 0.6 is 0 Å². The molecule has 0 radical (unpaired) electrons. The van der Waals surface area contributed by atoms with E-state index in [1.807, 2.05) is 20.8 Å². The van der Waals surface area contributed by atoms with Crippen LogP contribution in [0.15, 0.2) is 0 Å². The molecule has 6 heteroatoms. The molecule has 0 aromatic carbocycles. The van der Waals surface area contributed by atoms with Crippen LogP contribution in [0.1, 0.15) is 48.0 Å². The second-order valence-corrected chi connectivity index (χ2v) is 8.62. The predicted molar refractivity (Wildman–Crippen MR) is 90.6 cm³/mol. The fraction of sp³-hybridized carbons (Fsp3) is 0.941. The van der Waals surface area contributed by atoms with Crippen molar-refractivity contribution in [3.05, 3.63) is 0 Å². The van der Waals surface area contributed by atoms with Gasteiger partial charge in [-0.1, -0.05) is 0 Å². The molecule has 2 rings (SSSR count). The number of ether oxygens (including phenoxy) is 2. The third-order valence-corrected chi connectivity index (χ3v) is 4.23. The highest BCUT2D eigenvalue weighted by Crippen LogP contribution is 2.39. The molecule has 1 saturated carbocycles. The Morgan fingerprint density at radius 1 is 1.13 bits per heavy atom. The summed E-state index contributed by atoms with van der Waals surface area (Å²) >= 11 is 0. The molecule has 2 fully saturated rings. The van der Waals surface area contributed by atoms with Crippen LogP contribution in [0.2, 0.25) is 0 Å². The van der Waals surface area contributed by atoms with E-state index in [4.69, 9.17) is 9.47 Å². The van der Waals surface area contributed by atoms with Crippen molar-refractivity contribution < 1.29 is 14.3 Å². The quantitative estimate of drug-likeness (QED) is 0.670. The third kappa shape index (κ3) is 5.33. The Hall–Kier alpha value is -0.850. The van der Waals surface area contributed by atoms with Gasteiger partial charge in [0.05, 0.1) is 18.2 Å². The summed E-state index contributed by atoms with van der Waals surface area (Å²) in [5.74, 6) is 0.399. The molecule has 0 spiro atoms. The SMILES string of the molecule is CC(C)(C)NCCNC1C(NC(=O)OC(C)(C)C)C2CCOC21. The first-order valence-electron chi connectivity index (χ1n) is 8.66. The maximum Gasteiger partial charge on any atom is 0.407 e. The zero-order chi connectivity index (χ0) is 17.3. The van der Waals surface area contributed by atoms with Gasteiger partial charge in [-0.3, -0.25) is 0 Å². The summed E-state index contributed by atoms with van der Waals surface area (Å²) < 4.78 is 11.2. The van der Waals surface area contributed by atoms with Crippen LogP contribution in [0, 0.1) is 5.92 Å². The first-order chi connectivity index (χ1) is 10.6. The van der Waals surface area contributed by atoms with Crippen molar-refractivity contribution in [2.45, 2.75) is 77.3 Å². The molecule has 1 saturated heterocycles. The Kier molecular flexibility index (Phi) is 5.59. The number of hydrogen-bond acceptors (Lipinski definition) is 5. The van der Waals surface area contributed by atoms with Gasteiger partial charge in [0, 0.05) is 31.2 Å². The van der Waals surface area contributed by atoms with E-state index < -0.39 is 5.60 Å². The molecule has 3 N–H and O–H groups in total. The second kappa shape index (κ2) is 6.95. The number of hydrogen-bond donors (Lipinski definition) is 3. The first-order valence-corrected chi connectivity index (χ1v) is 8.66. The number of carbonyl (C=O) groups is 1. The molecule has 0 aromatic heterocycles. The van der Waals surface area contributed by atoms with Crippen molar-refractivity contribution in [3.63, 3.8) is 0 Å². The molecule has 23 heavy (non-hydrogen) atoms. The van der Waals surface area contributed by atoms with E-state index in [2.05, 4.69) is 36.7 Å². The van der Waals surface area contributed by atoms with Crippen molar-refractivity contribution in [2.24, 2.45) is 5.92 Å². The molecule has 0 aromatic rings. The fourth-order valence-electron chi connectivity index (χ4n) is 3.27. The normalized spacial score (nSPS) is 30.5. The van der Waals surface area contributed by atoms with E-state index >= 15 is 0 Å². The molecular weight excluding hydrogens is 294 g/mol. The summed E-state index contributed by atoms with van der Waals surface area (Å²) in [7, 11) is 0. The van der Waals surface area contributed by atoms with Gasteiger partial charge in [0.15, 0.2) is 0 Å². The van der Waals surface area contributed by atoms with E-state index in [1.54, 1.807) is 0 Å². The van der Waals surface area contributed by atoms with Gasteiger partial charge in [0.25, 0.3) is 0 Å². The van der Waals surface area contributed by atoms with E-state index in [0.717, 1.165) is 26.1 Å². The molecule has 1 heterocycles. The van der Waals surface area contributed by atoms with Crippen LogP contribution in [-0.4, -0.2) is 55.1 Å². The average molecular weight is 327 g/mol. The molecule has 1 amide bonds. The number of amides is 1. The maximum atomic E-state index is 12.0. The van der Waals surface area contributed by atoms with Gasteiger partial charge >= 0.3 is 6.09 Å². The van der Waals surface area contributed by atoms with Crippen molar-refractivity contribution >= 4 is 6.09 Å². The largest absolute Gasteiger partial charge is 0.444 e. The monoisotopic (exact) mass is 327 g/mol. The van der Waals surface area contributed by atoms with Gasteiger partial charge in [-0.15, -0.1) is 0 Å². The Morgan fingerprint density at radius 2 is 1.83 bits per heavy atom. The lowest BCUT2D eigenvalue weighted by atomic mass is 9.71. The Morgan fingerprint density at radius 3 is 2.43 bits per heavy atom. The minimum Gasteiger partial charge on any atom is -0.444 e. The van der Waals surface area contributed by atoms with Gasteiger partial charge in [0.1, 0.15) is 5.60 Å². The zero-order valence-electron chi connectivity index (χ0n) is 15.4. The average Bonchev–Trinajstić information content (AvgIpc) is 2.77. The highest BCUT2D eigenvalue weighted by atomic mass is 16.6. The van der Waals surface area contributed by atoms with Gasteiger partial charge < -0.3 is 25.4 Å². The van der Waals surface area contributed by atoms with E-state index in [1.165, 1.54) is 0 Å². The van der Waals surface area contributed by atoms with Gasteiger partial charge in [-0.2, -0.15) is 0 Å². The van der Waals surface area contributed by atoms with E-state index in [0.29, 0.717) is 5.92 Å². The highest BCUT2D eigenvalue weighted by Gasteiger charge is 2.54. The van der Waals surface area contributed by atoms with Crippen LogP contribution in [0.5, 0.6) is 0 Å². The summed E-state index contributed by atoms with van der Waals surface area (Å²) in [6.07, 6.45) is 0.876. The Balaban J connectivity index is 1.81. The third-order valence-electron chi connectivity index (χ3n) is 4.23. The lowest BCUT2D eigenvalue weighted by Crippen LogP contribution is -2.70. The number of nitrogens with one attached hydrogen (secondary N) is 3. The highest BCUT2D eigenvalue weighted by molar-refractivity contribution is 5.68. The van der Waals surface area contributed by atoms with Crippen LogP contribution in [-0.2, 0) is 9.47 Å². The molecule has 134 valence electrons. The standard InChI is InChI=1S/C17H33N3O3/c1-16(2,3)19-9-8-18-13-12(11-7-10-22-14(11)13)20-15(21)23-17(4,5)6/h11-14,18-19H,7-10H2,1-6H3,(H,20,21). The minimum absolute atomic E-state index is 0.0898. The molecule has 2 aliphatic rings. The summed E-state index contributed by atoms with van der Waals surface area (Å²) in [5, 5.41) is 10.0. The number of alkyl carbamates (subject to hydrolysis) is 1. The van der Waals surface area contributed by atoms with E-state index in [9.17, 15) is 4.79 Å². The number of carbonyl (C=O) groups excluding carboxylic acids is 1. The molecule has 0 bridgehead atoms. The Bertz CT molecular complexity index is 414. The first kappa shape index (κ1) is 18.5. The van der Waals surface area contributed by atoms with Crippen molar-refractivity contribution in [3.8, 4) is 0 Å². The van der Waals surface area contributed by atoms with Crippen LogP contribution < -0.4 is 16.0 Å². The summed E-state index contributed by atoms with van der Waals surface area (Å²) in [5.41, 5.74) is -0.360. The van der Waals surface area contributed by atoms with Crippen LogP contribution in [0.3, 0.4) is 0 Å². The summed E-state index contributed by atoms with van der Waals surface area (Å²) in [4.78, 5) is 12.0. The molecular formula is C17H33N3O3. The maximum absolute atomic E-state index is 12.0. The lowest BCUT2D eigenvalue weighted by molar-refractivity contribution is -0.0335. The van der Waals surface area contributed by atoms with Crippen LogP contribution in [0.25, 0.3) is 0 Å². The molecule has 6 nitrogen and oxygen atoms in total. The zero-order valence-corrected chi connectivity index (χ0v) is 15.4. The molecule has 1 aliphatic carbocycles. The van der Waals surface area contributed by atoms with Crippen molar-refractivity contribution in [1.82, 2.24) is 16.0 Å². The smallest absolute Gasteiger partial charge is 0.407 e. The minimum atomic E-state index is -0.473. The lowest BCUT2D eigenvalue weighted by Gasteiger charge is -2.48. The van der Waals surface area contributed by atoms with E-state index in [-0.39, 0.29) is 29.8 Å². The van der Waals surface area contributed by atoms with Crippen LogP contribution in [0.4, 0.5) is 4.79 Å². The molecule has 4 atom stereocenters. The second-order valence-electron chi connectivity index (χ2n) is 8.62. The van der Waals surface area contributed by atoms with Crippen molar-refractivity contribution in [2.75, 3.05) is 19.7 Å². The topological polar surface area (TPSA) is 71.6 Å². The fourth-order valence-corrected chi connectivity index (χ4v) is 3.27. The summed E-state index contributed by atoms with van der Waals surface area (Å²) in [6, 6.07) is 0.253. The van der Waals surface area contributed by atoms with Crippen molar-refractivity contribution in [1.29, 1.82) is 0 Å². The molecule has 4 unspecified atom stereocenters. The van der Waals surface area contributed by atoms with Gasteiger partial charge in [0.2, 0.25) is 0 Å². The number of rotatable bonds is 5. The van der Waals surface area contributed by atoms with Gasteiger partial charge in [-0.25, -0.2) is 4.79 Å². The predicted octanol–water partition coefficient (Wildman–Crippen LogP) is 1.64. The molecule has 1 aliphatic heterocycles. The Labute approximate surface area is 140 Å². The summed E-state index contributed by atoms with van der Waals surface area (Å²) in [6.45, 7) is 14.6. The number of fused-ring (bicyclic) bond motifs is 1. The van der Waals surface area contributed by atoms with Gasteiger partial charge in [-0.05, 0) is 48.0 Å².